The van der Waals surface area contributed by atoms with Crippen molar-refractivity contribution in [3.63, 3.8) is 0 Å². The van der Waals surface area contributed by atoms with Crippen molar-refractivity contribution < 1.29 is 9.94 Å². The molecule has 0 saturated heterocycles. The minimum absolute atomic E-state index is 0.193. The summed E-state index contributed by atoms with van der Waals surface area (Å²) in [5, 5.41) is 11.5. The number of nitrogens with zero attached hydrogens (tertiary/aromatic N) is 1. The van der Waals surface area contributed by atoms with Crippen molar-refractivity contribution in [1.82, 2.24) is 0 Å². The Morgan fingerprint density at radius 2 is 1.67 bits per heavy atom. The van der Waals surface area contributed by atoms with Crippen LogP contribution in [0.3, 0.4) is 0 Å². The second kappa shape index (κ2) is 6.79. The summed E-state index contributed by atoms with van der Waals surface area (Å²) in [6.45, 7) is 4.71. The van der Waals surface area contributed by atoms with E-state index >= 15 is 0 Å². The van der Waals surface area contributed by atoms with Crippen LogP contribution in [0.5, 0.6) is 5.75 Å². The molecule has 0 amide bonds. The van der Waals surface area contributed by atoms with Crippen LogP contribution in [-0.2, 0) is 13.0 Å². The SMILES string of the molecule is Cc1cc(C)cc(COc2ccc(C/C(N)=N/O)cc2)c1. The molecule has 0 aromatic heterocycles. The molecule has 0 saturated carbocycles. The van der Waals surface area contributed by atoms with E-state index < -0.39 is 0 Å². The molecule has 4 heteroatoms. The first-order valence-corrected chi connectivity index (χ1v) is 6.82. The van der Waals surface area contributed by atoms with Gasteiger partial charge >= 0.3 is 0 Å². The summed E-state index contributed by atoms with van der Waals surface area (Å²) in [4.78, 5) is 0. The van der Waals surface area contributed by atoms with Crippen molar-refractivity contribution in [2.75, 3.05) is 0 Å². The third-order valence-corrected chi connectivity index (χ3v) is 3.12. The summed E-state index contributed by atoms with van der Waals surface area (Å²) in [6, 6.07) is 14.0. The van der Waals surface area contributed by atoms with Crippen molar-refractivity contribution in [1.29, 1.82) is 0 Å². The normalized spacial score (nSPS) is 11.4. The van der Waals surface area contributed by atoms with Gasteiger partial charge in [0.05, 0.1) is 0 Å². The Hall–Kier alpha value is -2.49. The van der Waals surface area contributed by atoms with Crippen LogP contribution in [0, 0.1) is 13.8 Å². The lowest BCUT2D eigenvalue weighted by molar-refractivity contribution is 0.306. The molecule has 2 rings (SSSR count). The van der Waals surface area contributed by atoms with Crippen LogP contribution in [0.4, 0.5) is 0 Å². The number of nitrogens with two attached hydrogens (primary N) is 1. The fourth-order valence-electron chi connectivity index (χ4n) is 2.27. The fraction of sp³-hybridized carbons (Fsp3) is 0.235. The molecule has 2 aromatic carbocycles. The maximum atomic E-state index is 8.54. The highest BCUT2D eigenvalue weighted by atomic mass is 16.5. The number of benzene rings is 2. The molecule has 21 heavy (non-hydrogen) atoms. The highest BCUT2D eigenvalue weighted by Gasteiger charge is 2.01. The molecule has 0 radical (unpaired) electrons. The van der Waals surface area contributed by atoms with Crippen LogP contribution < -0.4 is 10.5 Å². The Morgan fingerprint density at radius 3 is 2.24 bits per heavy atom. The van der Waals surface area contributed by atoms with Gasteiger partial charge in [-0.1, -0.05) is 46.6 Å². The number of hydrogen-bond acceptors (Lipinski definition) is 3. The van der Waals surface area contributed by atoms with Crippen molar-refractivity contribution in [2.24, 2.45) is 10.9 Å². The summed E-state index contributed by atoms with van der Waals surface area (Å²) in [7, 11) is 0. The average molecular weight is 284 g/mol. The number of oxime groups is 1. The van der Waals surface area contributed by atoms with E-state index in [0.29, 0.717) is 13.0 Å². The van der Waals surface area contributed by atoms with Gasteiger partial charge in [-0.2, -0.15) is 0 Å². The molecule has 0 spiro atoms. The maximum Gasteiger partial charge on any atom is 0.143 e. The molecule has 0 heterocycles. The highest BCUT2D eigenvalue weighted by Crippen LogP contribution is 2.16. The van der Waals surface area contributed by atoms with Gasteiger partial charge in [-0.05, 0) is 37.1 Å². The Labute approximate surface area is 124 Å². The van der Waals surface area contributed by atoms with Gasteiger partial charge in [0.1, 0.15) is 18.2 Å². The molecule has 0 aliphatic heterocycles. The van der Waals surface area contributed by atoms with E-state index in [9.17, 15) is 0 Å². The average Bonchev–Trinajstić information content (AvgIpc) is 2.45. The number of rotatable bonds is 5. The molecule has 4 nitrogen and oxygen atoms in total. The van der Waals surface area contributed by atoms with Gasteiger partial charge in [0, 0.05) is 6.42 Å². The first kappa shape index (κ1) is 14.9. The summed E-state index contributed by atoms with van der Waals surface area (Å²) >= 11 is 0. The monoisotopic (exact) mass is 284 g/mol. The van der Waals surface area contributed by atoms with E-state index in [1.165, 1.54) is 11.1 Å². The lowest BCUT2D eigenvalue weighted by Crippen LogP contribution is -2.14. The predicted octanol–water partition coefficient (Wildman–Crippen LogP) is 3.17. The molecular formula is C17H20N2O2. The van der Waals surface area contributed by atoms with Crippen molar-refractivity contribution in [3.05, 3.63) is 64.7 Å². The summed E-state index contributed by atoms with van der Waals surface area (Å²) in [6.07, 6.45) is 0.424. The summed E-state index contributed by atoms with van der Waals surface area (Å²) < 4.78 is 5.78. The van der Waals surface area contributed by atoms with Crippen LogP contribution >= 0.6 is 0 Å². The Morgan fingerprint density at radius 1 is 1.05 bits per heavy atom. The van der Waals surface area contributed by atoms with Gasteiger partial charge in [0.15, 0.2) is 0 Å². The lowest BCUT2D eigenvalue weighted by atomic mass is 10.1. The Kier molecular flexibility index (Phi) is 4.82. The zero-order chi connectivity index (χ0) is 15.2. The van der Waals surface area contributed by atoms with Crippen LogP contribution in [0.2, 0.25) is 0 Å². The molecule has 0 aliphatic rings. The number of aryl methyl sites for hydroxylation is 2. The molecule has 0 fully saturated rings. The Bertz CT molecular complexity index is 613. The first-order valence-electron chi connectivity index (χ1n) is 6.82. The molecule has 0 atom stereocenters. The summed E-state index contributed by atoms with van der Waals surface area (Å²) in [5.74, 6) is 0.997. The fourth-order valence-corrected chi connectivity index (χ4v) is 2.27. The van der Waals surface area contributed by atoms with E-state index in [2.05, 4.69) is 37.2 Å². The zero-order valence-corrected chi connectivity index (χ0v) is 12.3. The molecule has 110 valence electrons. The second-order valence-corrected chi connectivity index (χ2v) is 5.20. The van der Waals surface area contributed by atoms with E-state index in [1.54, 1.807) is 0 Å². The number of amidine groups is 1. The van der Waals surface area contributed by atoms with Crippen LogP contribution in [0.25, 0.3) is 0 Å². The summed E-state index contributed by atoms with van der Waals surface area (Å²) in [5.41, 5.74) is 10.1. The molecule has 0 bridgehead atoms. The minimum Gasteiger partial charge on any atom is -0.489 e. The van der Waals surface area contributed by atoms with E-state index in [-0.39, 0.29) is 5.84 Å². The molecule has 0 aliphatic carbocycles. The molecule has 0 unspecified atom stereocenters. The molecule has 2 aromatic rings. The number of hydrogen-bond donors (Lipinski definition) is 2. The second-order valence-electron chi connectivity index (χ2n) is 5.20. The predicted molar refractivity (Wildman–Crippen MR) is 83.8 cm³/mol. The standard InChI is InChI=1S/C17H20N2O2/c1-12-7-13(2)9-15(8-12)11-21-16-5-3-14(4-6-16)10-17(18)19-20/h3-9,20H,10-11H2,1-2H3,(H2,18,19). The third kappa shape index (κ3) is 4.53. The van der Waals surface area contributed by atoms with Gasteiger partial charge < -0.3 is 15.7 Å². The number of ether oxygens (including phenoxy) is 1. The van der Waals surface area contributed by atoms with E-state index in [4.69, 9.17) is 15.7 Å². The zero-order valence-electron chi connectivity index (χ0n) is 12.3. The van der Waals surface area contributed by atoms with Crippen LogP contribution in [0.1, 0.15) is 22.3 Å². The Balaban J connectivity index is 1.97. The topological polar surface area (TPSA) is 67.8 Å². The van der Waals surface area contributed by atoms with Crippen LogP contribution in [-0.4, -0.2) is 11.0 Å². The molecule has 3 N–H and O–H groups in total. The van der Waals surface area contributed by atoms with Crippen molar-refractivity contribution >= 4 is 5.84 Å². The van der Waals surface area contributed by atoms with Gasteiger partial charge in [0.2, 0.25) is 0 Å². The quantitative estimate of drug-likeness (QED) is 0.383. The lowest BCUT2D eigenvalue weighted by Gasteiger charge is -2.09. The van der Waals surface area contributed by atoms with Gasteiger partial charge in [-0.3, -0.25) is 0 Å². The van der Waals surface area contributed by atoms with Gasteiger partial charge in [0.25, 0.3) is 0 Å². The van der Waals surface area contributed by atoms with Gasteiger partial charge in [-0.25, -0.2) is 0 Å². The first-order chi connectivity index (χ1) is 10.1. The van der Waals surface area contributed by atoms with E-state index in [1.807, 2.05) is 24.3 Å². The van der Waals surface area contributed by atoms with Crippen molar-refractivity contribution in [2.45, 2.75) is 26.9 Å². The largest absolute Gasteiger partial charge is 0.489 e. The smallest absolute Gasteiger partial charge is 0.143 e. The van der Waals surface area contributed by atoms with E-state index in [0.717, 1.165) is 16.9 Å². The molecular weight excluding hydrogens is 264 g/mol. The minimum atomic E-state index is 0.193. The maximum absolute atomic E-state index is 8.54. The highest BCUT2D eigenvalue weighted by molar-refractivity contribution is 5.82. The van der Waals surface area contributed by atoms with Crippen molar-refractivity contribution in [3.8, 4) is 5.75 Å². The third-order valence-electron chi connectivity index (χ3n) is 3.12. The van der Waals surface area contributed by atoms with Crippen LogP contribution in [0.15, 0.2) is 47.6 Å². The van der Waals surface area contributed by atoms with Gasteiger partial charge in [-0.15, -0.1) is 0 Å².